The molecule has 36 heavy (non-hydrogen) atoms. The van der Waals surface area contributed by atoms with Gasteiger partial charge in [-0.15, -0.1) is 5.10 Å². The number of piperidine rings is 1. The highest BCUT2D eigenvalue weighted by Crippen LogP contribution is 2.33. The van der Waals surface area contributed by atoms with Gasteiger partial charge in [0.15, 0.2) is 5.65 Å². The van der Waals surface area contributed by atoms with Crippen molar-refractivity contribution in [2.24, 2.45) is 0 Å². The van der Waals surface area contributed by atoms with Crippen LogP contribution in [0.3, 0.4) is 0 Å². The standard InChI is InChI=1S/C27H30N8O/c1-3-36-20-13-21(25-22-15-31-32-26(22)33-35(25)18-20)23-16-30-24(17-29-23)34-11-9-27(28-2,10-12-34)14-19-7-5-4-6-8-19/h4-8,13,15-18,28H,3,9-12,14H2,1-2H3,(H,32,33). The number of likely N-dealkylation sites (N-methyl/N-ethyl adjacent to an activating group) is 1. The van der Waals surface area contributed by atoms with Crippen molar-refractivity contribution in [3.63, 3.8) is 0 Å². The second kappa shape index (κ2) is 9.23. The van der Waals surface area contributed by atoms with Crippen LogP contribution < -0.4 is 15.0 Å². The maximum Gasteiger partial charge on any atom is 0.178 e. The number of benzene rings is 1. The van der Waals surface area contributed by atoms with Crippen molar-refractivity contribution in [2.75, 3.05) is 31.6 Å². The van der Waals surface area contributed by atoms with Crippen molar-refractivity contribution < 1.29 is 4.74 Å². The summed E-state index contributed by atoms with van der Waals surface area (Å²) in [4.78, 5) is 12.0. The summed E-state index contributed by atoms with van der Waals surface area (Å²) in [6.07, 6.45) is 10.5. The summed E-state index contributed by atoms with van der Waals surface area (Å²) in [5, 5.41) is 16.3. The number of hydrogen-bond donors (Lipinski definition) is 2. The Labute approximate surface area is 209 Å². The van der Waals surface area contributed by atoms with Gasteiger partial charge in [-0.25, -0.2) is 9.50 Å². The SMILES string of the molecule is CCOc1cc(-c2cnc(N3CCC(Cc4ccccc4)(NC)CC3)cn2)c2c3cn[nH]c3nn2c1. The first kappa shape index (κ1) is 22.5. The van der Waals surface area contributed by atoms with E-state index in [0.717, 1.165) is 71.7 Å². The molecule has 0 aliphatic carbocycles. The first-order valence-electron chi connectivity index (χ1n) is 12.5. The van der Waals surface area contributed by atoms with Crippen LogP contribution in [-0.4, -0.2) is 62.1 Å². The van der Waals surface area contributed by atoms with Gasteiger partial charge in [0.25, 0.3) is 0 Å². The maximum atomic E-state index is 5.79. The van der Waals surface area contributed by atoms with Crippen molar-refractivity contribution in [3.05, 3.63) is 66.7 Å². The molecule has 9 heteroatoms. The molecule has 1 saturated heterocycles. The average Bonchev–Trinajstić information content (AvgIpc) is 3.51. The van der Waals surface area contributed by atoms with E-state index in [-0.39, 0.29) is 5.54 Å². The highest BCUT2D eigenvalue weighted by Gasteiger charge is 2.33. The lowest BCUT2D eigenvalue weighted by molar-refractivity contribution is 0.274. The predicted molar refractivity (Wildman–Crippen MR) is 140 cm³/mol. The molecule has 1 aliphatic heterocycles. The summed E-state index contributed by atoms with van der Waals surface area (Å²) in [6, 6.07) is 12.7. The largest absolute Gasteiger partial charge is 0.492 e. The third kappa shape index (κ3) is 4.05. The van der Waals surface area contributed by atoms with E-state index >= 15 is 0 Å². The molecule has 0 amide bonds. The number of rotatable bonds is 7. The van der Waals surface area contributed by atoms with E-state index in [4.69, 9.17) is 14.7 Å². The molecule has 1 aliphatic rings. The molecule has 5 heterocycles. The normalized spacial score (nSPS) is 15.6. The minimum atomic E-state index is 0.106. The molecule has 5 aromatic rings. The minimum absolute atomic E-state index is 0.106. The third-order valence-corrected chi connectivity index (χ3v) is 7.29. The van der Waals surface area contributed by atoms with Crippen molar-refractivity contribution in [1.29, 1.82) is 0 Å². The van der Waals surface area contributed by atoms with E-state index < -0.39 is 0 Å². The Morgan fingerprint density at radius 2 is 1.92 bits per heavy atom. The molecule has 1 aromatic carbocycles. The lowest BCUT2D eigenvalue weighted by atomic mass is 9.82. The number of aromatic nitrogens is 6. The second-order valence-electron chi connectivity index (χ2n) is 9.39. The van der Waals surface area contributed by atoms with E-state index in [2.05, 4.69) is 62.9 Å². The second-order valence-corrected chi connectivity index (χ2v) is 9.39. The van der Waals surface area contributed by atoms with Gasteiger partial charge in [-0.3, -0.25) is 10.1 Å². The topological polar surface area (TPSA) is 96.3 Å². The Morgan fingerprint density at radius 1 is 1.08 bits per heavy atom. The van der Waals surface area contributed by atoms with Crippen LogP contribution in [0.25, 0.3) is 27.8 Å². The summed E-state index contributed by atoms with van der Waals surface area (Å²) in [7, 11) is 2.08. The highest BCUT2D eigenvalue weighted by molar-refractivity contribution is 6.00. The molecule has 0 unspecified atom stereocenters. The summed E-state index contributed by atoms with van der Waals surface area (Å²) in [6.45, 7) is 4.41. The van der Waals surface area contributed by atoms with Gasteiger partial charge in [0.1, 0.15) is 11.6 Å². The van der Waals surface area contributed by atoms with E-state index in [1.165, 1.54) is 5.56 Å². The number of ether oxygens (including phenoxy) is 1. The van der Waals surface area contributed by atoms with Gasteiger partial charge < -0.3 is 15.0 Å². The Balaban J connectivity index is 1.25. The van der Waals surface area contributed by atoms with Crippen LogP contribution in [0.2, 0.25) is 0 Å². The quantitative estimate of drug-likeness (QED) is 0.364. The highest BCUT2D eigenvalue weighted by atomic mass is 16.5. The fraction of sp³-hybridized carbons (Fsp3) is 0.333. The smallest absolute Gasteiger partial charge is 0.178 e. The van der Waals surface area contributed by atoms with Crippen LogP contribution >= 0.6 is 0 Å². The van der Waals surface area contributed by atoms with Gasteiger partial charge in [-0.1, -0.05) is 30.3 Å². The number of anilines is 1. The fourth-order valence-electron chi connectivity index (χ4n) is 5.27. The van der Waals surface area contributed by atoms with Gasteiger partial charge in [-0.2, -0.15) is 5.10 Å². The van der Waals surface area contributed by atoms with Crippen LogP contribution in [0.5, 0.6) is 5.75 Å². The zero-order valence-corrected chi connectivity index (χ0v) is 20.6. The molecule has 0 saturated carbocycles. The summed E-state index contributed by atoms with van der Waals surface area (Å²) < 4.78 is 7.62. The molecule has 0 radical (unpaired) electrons. The first-order valence-corrected chi connectivity index (χ1v) is 12.5. The lowest BCUT2D eigenvalue weighted by Crippen LogP contribution is -2.53. The fourth-order valence-corrected chi connectivity index (χ4v) is 5.27. The van der Waals surface area contributed by atoms with Gasteiger partial charge in [0, 0.05) is 24.2 Å². The lowest BCUT2D eigenvalue weighted by Gasteiger charge is -2.42. The Bertz CT molecular complexity index is 1470. The summed E-state index contributed by atoms with van der Waals surface area (Å²) >= 11 is 0. The van der Waals surface area contributed by atoms with Gasteiger partial charge in [-0.05, 0) is 44.9 Å². The molecule has 1 fully saturated rings. The Kier molecular flexibility index (Phi) is 5.77. The molecular formula is C27H30N8O. The zero-order chi connectivity index (χ0) is 24.5. The summed E-state index contributed by atoms with van der Waals surface area (Å²) in [5.41, 5.74) is 4.83. The van der Waals surface area contributed by atoms with Crippen LogP contribution in [0.4, 0.5) is 5.82 Å². The maximum absolute atomic E-state index is 5.79. The Morgan fingerprint density at radius 3 is 2.64 bits per heavy atom. The van der Waals surface area contributed by atoms with E-state index in [9.17, 15) is 0 Å². The Hall–Kier alpha value is -3.98. The van der Waals surface area contributed by atoms with Crippen molar-refractivity contribution in [3.8, 4) is 17.0 Å². The van der Waals surface area contributed by atoms with Crippen LogP contribution in [0.15, 0.2) is 61.2 Å². The summed E-state index contributed by atoms with van der Waals surface area (Å²) in [5.74, 6) is 1.64. The number of nitrogens with one attached hydrogen (secondary N) is 2. The van der Waals surface area contributed by atoms with Crippen LogP contribution in [0.1, 0.15) is 25.3 Å². The van der Waals surface area contributed by atoms with Crippen LogP contribution in [-0.2, 0) is 6.42 Å². The number of nitrogens with zero attached hydrogens (tertiary/aromatic N) is 6. The van der Waals surface area contributed by atoms with Crippen LogP contribution in [0, 0.1) is 0 Å². The number of aromatic amines is 1. The zero-order valence-electron chi connectivity index (χ0n) is 20.6. The molecule has 2 N–H and O–H groups in total. The van der Waals surface area contributed by atoms with Gasteiger partial charge >= 0.3 is 0 Å². The predicted octanol–water partition coefficient (Wildman–Crippen LogP) is 3.87. The van der Waals surface area contributed by atoms with E-state index in [1.54, 1.807) is 6.20 Å². The molecule has 9 nitrogen and oxygen atoms in total. The van der Waals surface area contributed by atoms with Gasteiger partial charge in [0.2, 0.25) is 0 Å². The van der Waals surface area contributed by atoms with Crippen molar-refractivity contribution >= 4 is 22.4 Å². The van der Waals surface area contributed by atoms with Gasteiger partial charge in [0.05, 0.1) is 48.0 Å². The molecular weight excluding hydrogens is 452 g/mol. The molecule has 0 bridgehead atoms. The van der Waals surface area contributed by atoms with E-state index in [1.807, 2.05) is 36.1 Å². The molecule has 0 atom stereocenters. The van der Waals surface area contributed by atoms with Crippen molar-refractivity contribution in [2.45, 2.75) is 31.7 Å². The number of hydrogen-bond acceptors (Lipinski definition) is 7. The average molecular weight is 483 g/mol. The minimum Gasteiger partial charge on any atom is -0.492 e. The number of H-pyrrole nitrogens is 1. The third-order valence-electron chi connectivity index (χ3n) is 7.29. The monoisotopic (exact) mass is 482 g/mol. The molecule has 4 aromatic heterocycles. The number of pyridine rings is 1. The molecule has 6 rings (SSSR count). The number of fused-ring (bicyclic) bond motifs is 3. The first-order chi connectivity index (χ1) is 17.7. The molecule has 184 valence electrons. The van der Waals surface area contributed by atoms with Crippen molar-refractivity contribution in [1.82, 2.24) is 35.1 Å². The molecule has 0 spiro atoms. The van der Waals surface area contributed by atoms with E-state index in [0.29, 0.717) is 6.61 Å².